The predicted molar refractivity (Wildman–Crippen MR) is 71.3 cm³/mol. The Hall–Kier alpha value is -2.64. The number of nitrogens with two attached hydrogens (primary N) is 1. The van der Waals surface area contributed by atoms with Crippen LogP contribution in [0, 0.1) is 5.82 Å². The molecule has 1 aliphatic heterocycles. The summed E-state index contributed by atoms with van der Waals surface area (Å²) >= 11 is 0. The first-order chi connectivity index (χ1) is 9.90. The Morgan fingerprint density at radius 2 is 2.19 bits per heavy atom. The number of nitrogens with zero attached hydrogens (tertiary/aromatic N) is 1. The van der Waals surface area contributed by atoms with Gasteiger partial charge in [0.1, 0.15) is 11.9 Å². The number of primary amides is 1. The molecule has 1 atom stereocenters. The van der Waals surface area contributed by atoms with Crippen molar-refractivity contribution < 1.29 is 23.9 Å². The summed E-state index contributed by atoms with van der Waals surface area (Å²) in [6.45, 7) is 0.558. The van der Waals surface area contributed by atoms with Crippen LogP contribution >= 0.6 is 0 Å². The van der Waals surface area contributed by atoms with Crippen molar-refractivity contribution in [2.45, 2.75) is 12.5 Å². The monoisotopic (exact) mass is 295 g/mol. The van der Waals surface area contributed by atoms with Crippen LogP contribution in [0.15, 0.2) is 18.2 Å². The summed E-state index contributed by atoms with van der Waals surface area (Å²) in [6, 6.07) is 2.64. The van der Waals surface area contributed by atoms with Crippen LogP contribution in [0.3, 0.4) is 0 Å². The normalized spacial score (nSPS) is 18.2. The van der Waals surface area contributed by atoms with Gasteiger partial charge in [-0.05, 0) is 18.2 Å². The summed E-state index contributed by atoms with van der Waals surface area (Å²) in [7, 11) is 0. The second-order valence-electron chi connectivity index (χ2n) is 4.63. The molecule has 1 unspecified atom stereocenters. The lowest BCUT2D eigenvalue weighted by Crippen LogP contribution is -2.56. The number of hydrogen-bond donors (Lipinski definition) is 3. The molecule has 1 saturated heterocycles. The van der Waals surface area contributed by atoms with Crippen LogP contribution in [-0.4, -0.2) is 42.0 Å². The summed E-state index contributed by atoms with van der Waals surface area (Å²) < 4.78 is 14.1. The lowest BCUT2D eigenvalue weighted by atomic mass is 10.1. The largest absolute Gasteiger partial charge is 0.481 e. The van der Waals surface area contributed by atoms with Crippen molar-refractivity contribution in [3.63, 3.8) is 0 Å². The van der Waals surface area contributed by atoms with E-state index >= 15 is 0 Å². The van der Waals surface area contributed by atoms with Gasteiger partial charge in [0.05, 0.1) is 12.1 Å². The van der Waals surface area contributed by atoms with E-state index in [1.165, 1.54) is 17.0 Å². The SMILES string of the molecule is NC(=O)c1ccc(N2CCNC(=O)C2CC(=O)O)c(F)c1. The third-order valence-electron chi connectivity index (χ3n) is 3.24. The second-order valence-corrected chi connectivity index (χ2v) is 4.63. The standard InChI is InChI=1S/C13H14FN3O4/c14-8-5-7(12(15)20)1-2-9(8)17-4-3-16-13(21)10(17)6-11(18)19/h1-2,5,10H,3-4,6H2,(H2,15,20)(H,16,21)(H,18,19). The molecule has 1 aliphatic rings. The first-order valence-electron chi connectivity index (χ1n) is 6.25. The Bertz CT molecular complexity index is 605. The van der Waals surface area contributed by atoms with E-state index in [1.807, 2.05) is 0 Å². The Labute approximate surface area is 119 Å². The zero-order valence-corrected chi connectivity index (χ0v) is 11.0. The molecule has 112 valence electrons. The second kappa shape index (κ2) is 5.78. The first-order valence-corrected chi connectivity index (χ1v) is 6.25. The Balaban J connectivity index is 2.35. The fourth-order valence-electron chi connectivity index (χ4n) is 2.26. The van der Waals surface area contributed by atoms with Crippen molar-refractivity contribution in [1.82, 2.24) is 5.32 Å². The van der Waals surface area contributed by atoms with Crippen molar-refractivity contribution >= 4 is 23.5 Å². The van der Waals surface area contributed by atoms with Crippen LogP contribution in [0.5, 0.6) is 0 Å². The highest BCUT2D eigenvalue weighted by Crippen LogP contribution is 2.25. The smallest absolute Gasteiger partial charge is 0.305 e. The van der Waals surface area contributed by atoms with E-state index in [1.54, 1.807) is 0 Å². The Kier molecular flexibility index (Phi) is 4.06. The number of aliphatic carboxylic acids is 1. The van der Waals surface area contributed by atoms with Gasteiger partial charge in [-0.25, -0.2) is 4.39 Å². The number of amides is 2. The van der Waals surface area contributed by atoms with Crippen LogP contribution in [0.1, 0.15) is 16.8 Å². The molecule has 0 aromatic heterocycles. The number of nitrogens with one attached hydrogen (secondary N) is 1. The molecule has 4 N–H and O–H groups in total. The number of carbonyl (C=O) groups is 3. The maximum Gasteiger partial charge on any atom is 0.305 e. The van der Waals surface area contributed by atoms with Gasteiger partial charge in [0, 0.05) is 18.7 Å². The number of hydrogen-bond acceptors (Lipinski definition) is 4. The van der Waals surface area contributed by atoms with Gasteiger partial charge in [0.15, 0.2) is 0 Å². The quantitative estimate of drug-likeness (QED) is 0.706. The van der Waals surface area contributed by atoms with E-state index in [9.17, 15) is 18.8 Å². The molecule has 0 radical (unpaired) electrons. The minimum Gasteiger partial charge on any atom is -0.481 e. The van der Waals surface area contributed by atoms with Gasteiger partial charge in [-0.15, -0.1) is 0 Å². The van der Waals surface area contributed by atoms with Crippen LogP contribution in [0.4, 0.5) is 10.1 Å². The minimum atomic E-state index is -1.16. The lowest BCUT2D eigenvalue weighted by molar-refractivity contribution is -0.139. The van der Waals surface area contributed by atoms with Crippen molar-refractivity contribution in [3.05, 3.63) is 29.6 Å². The van der Waals surface area contributed by atoms with E-state index in [-0.39, 0.29) is 24.3 Å². The minimum absolute atomic E-state index is 0.00694. The van der Waals surface area contributed by atoms with Crippen LogP contribution < -0.4 is 16.0 Å². The fourth-order valence-corrected chi connectivity index (χ4v) is 2.26. The Morgan fingerprint density at radius 1 is 1.48 bits per heavy atom. The third-order valence-corrected chi connectivity index (χ3v) is 3.24. The molecule has 0 aliphatic carbocycles. The molecule has 7 nitrogen and oxygen atoms in total. The topological polar surface area (TPSA) is 113 Å². The van der Waals surface area contributed by atoms with E-state index in [4.69, 9.17) is 10.8 Å². The third kappa shape index (κ3) is 3.10. The molecule has 21 heavy (non-hydrogen) atoms. The molecular weight excluding hydrogens is 281 g/mol. The summed E-state index contributed by atoms with van der Waals surface area (Å²) in [5.41, 5.74) is 5.14. The van der Waals surface area contributed by atoms with E-state index in [0.717, 1.165) is 6.07 Å². The maximum atomic E-state index is 14.1. The van der Waals surface area contributed by atoms with Gasteiger partial charge in [0.2, 0.25) is 11.8 Å². The highest BCUT2D eigenvalue weighted by Gasteiger charge is 2.33. The molecule has 1 aromatic carbocycles. The van der Waals surface area contributed by atoms with E-state index in [2.05, 4.69) is 5.32 Å². The van der Waals surface area contributed by atoms with Crippen LogP contribution in [0.25, 0.3) is 0 Å². The number of carboxylic acid groups (broad SMARTS) is 1. The molecule has 1 fully saturated rings. The van der Waals surface area contributed by atoms with Crippen molar-refractivity contribution in [2.24, 2.45) is 5.73 Å². The van der Waals surface area contributed by atoms with Crippen molar-refractivity contribution in [2.75, 3.05) is 18.0 Å². The maximum absolute atomic E-state index is 14.1. The zero-order chi connectivity index (χ0) is 15.6. The van der Waals surface area contributed by atoms with Gasteiger partial charge in [-0.3, -0.25) is 14.4 Å². The molecule has 0 bridgehead atoms. The predicted octanol–water partition coefficient (Wildman–Crippen LogP) is -0.296. The summed E-state index contributed by atoms with van der Waals surface area (Å²) in [6.07, 6.45) is -0.442. The number of rotatable bonds is 4. The first kappa shape index (κ1) is 14.8. The molecule has 0 spiro atoms. The van der Waals surface area contributed by atoms with Gasteiger partial charge < -0.3 is 21.1 Å². The van der Waals surface area contributed by atoms with Gasteiger partial charge in [-0.2, -0.15) is 0 Å². The number of carbonyl (C=O) groups excluding carboxylic acids is 2. The lowest BCUT2D eigenvalue weighted by Gasteiger charge is -2.36. The molecule has 2 rings (SSSR count). The summed E-state index contributed by atoms with van der Waals surface area (Å²) in [5.74, 6) is -3.12. The number of piperazine rings is 1. The van der Waals surface area contributed by atoms with Crippen molar-refractivity contribution in [3.8, 4) is 0 Å². The fraction of sp³-hybridized carbons (Fsp3) is 0.308. The van der Waals surface area contributed by atoms with Crippen molar-refractivity contribution in [1.29, 1.82) is 0 Å². The van der Waals surface area contributed by atoms with Crippen LogP contribution in [0.2, 0.25) is 0 Å². The highest BCUT2D eigenvalue weighted by atomic mass is 19.1. The van der Waals surface area contributed by atoms with E-state index in [0.29, 0.717) is 0 Å². The molecular formula is C13H14FN3O4. The average Bonchev–Trinajstić information content (AvgIpc) is 2.41. The Morgan fingerprint density at radius 3 is 2.76 bits per heavy atom. The number of carboxylic acids is 1. The number of halogens is 1. The van der Waals surface area contributed by atoms with Gasteiger partial charge in [-0.1, -0.05) is 0 Å². The number of benzene rings is 1. The van der Waals surface area contributed by atoms with Gasteiger partial charge >= 0.3 is 5.97 Å². The number of anilines is 1. The average molecular weight is 295 g/mol. The molecule has 0 saturated carbocycles. The molecule has 1 heterocycles. The molecule has 1 aromatic rings. The summed E-state index contributed by atoms with van der Waals surface area (Å²) in [4.78, 5) is 35.0. The van der Waals surface area contributed by atoms with Gasteiger partial charge in [0.25, 0.3) is 0 Å². The highest BCUT2D eigenvalue weighted by molar-refractivity contribution is 5.94. The zero-order valence-electron chi connectivity index (χ0n) is 11.0. The van der Waals surface area contributed by atoms with Crippen LogP contribution in [-0.2, 0) is 9.59 Å². The molecule has 8 heteroatoms. The summed E-state index contributed by atoms with van der Waals surface area (Å²) in [5, 5.41) is 11.4. The van der Waals surface area contributed by atoms with E-state index < -0.39 is 36.1 Å². The molecule has 2 amide bonds.